The third kappa shape index (κ3) is 5.38. The highest BCUT2D eigenvalue weighted by Gasteiger charge is 2.38. The Kier molecular flexibility index (Phi) is 8.11. The number of carbonyl (C=O) groups excluding carboxylic acids is 1. The lowest BCUT2D eigenvalue weighted by Gasteiger charge is -2.17. The fraction of sp³-hybridized carbons (Fsp3) is 0.308. The summed E-state index contributed by atoms with van der Waals surface area (Å²) in [6.45, 7) is 5.33. The molecule has 0 spiro atoms. The van der Waals surface area contributed by atoms with Crippen molar-refractivity contribution in [2.24, 2.45) is 0 Å². The smallest absolute Gasteiger partial charge is 0.256 e. The first kappa shape index (κ1) is 32.8. The maximum absolute atomic E-state index is 14.5. The number of nitrogens with one attached hydrogen (secondary N) is 1. The van der Waals surface area contributed by atoms with Crippen LogP contribution in [0.4, 0.5) is 10.2 Å². The van der Waals surface area contributed by atoms with Gasteiger partial charge < -0.3 is 24.1 Å². The molecule has 2 atom stereocenters. The molecule has 0 radical (unpaired) electrons. The lowest BCUT2D eigenvalue weighted by molar-refractivity contribution is 0.0778. The van der Waals surface area contributed by atoms with Crippen LogP contribution in [0.25, 0.3) is 32.0 Å². The Morgan fingerprint density at radius 2 is 1.98 bits per heavy atom. The number of nitrogens with zero attached hydrogens (tertiary/aromatic N) is 5. The summed E-state index contributed by atoms with van der Waals surface area (Å²) in [5.74, 6) is 2.09. The third-order valence-electron chi connectivity index (χ3n) is 10.2. The Labute approximate surface area is 308 Å². The van der Waals surface area contributed by atoms with Gasteiger partial charge in [-0.2, -0.15) is 0 Å². The number of hydrogen-bond donors (Lipinski definition) is 1. The summed E-state index contributed by atoms with van der Waals surface area (Å²) in [5, 5.41) is 13.9. The molecule has 1 aliphatic carbocycles. The number of thiophene rings is 1. The number of rotatable bonds is 9. The molecule has 52 heavy (non-hydrogen) atoms. The van der Waals surface area contributed by atoms with E-state index < -0.39 is 0 Å². The normalized spacial score (nSPS) is 17.4. The Morgan fingerprint density at radius 1 is 1.12 bits per heavy atom. The molecule has 0 fully saturated rings. The summed E-state index contributed by atoms with van der Waals surface area (Å²) in [6, 6.07) is 13.0. The van der Waals surface area contributed by atoms with E-state index in [1.807, 2.05) is 35.2 Å². The van der Waals surface area contributed by atoms with Crippen molar-refractivity contribution in [2.45, 2.75) is 58.0 Å². The van der Waals surface area contributed by atoms with Crippen LogP contribution in [0.2, 0.25) is 5.02 Å². The highest BCUT2D eigenvalue weighted by Crippen LogP contribution is 2.48. The molecular formula is C39H34ClFN6O4S. The molecule has 264 valence electrons. The van der Waals surface area contributed by atoms with Crippen LogP contribution in [-0.2, 0) is 19.4 Å². The number of aryl methyl sites for hydroxylation is 1. The standard InChI is InChI=1S/C39H34ClFN6O4S/c1-4-13-47-17-29-33(39(47)48)34(32(38-46-45-19(2)51-38)28(43-29)14-21-18-50-30-16-22(40)5-6-23(21)30)31-15-20-11-12-42-37(36(20)52-31)44-27-10-8-25-24(27)7-9-26(41)35(25)49-3/h5-7,9,11-12,15-16,21,27H,4,8,10,13-14,17-18H2,1-3H3,(H,42,44). The van der Waals surface area contributed by atoms with E-state index in [0.29, 0.717) is 72.0 Å². The van der Waals surface area contributed by atoms with Crippen LogP contribution in [0.5, 0.6) is 11.5 Å². The number of carbonyl (C=O) groups is 1. The SMILES string of the molecule is CCCN1Cc2nc(CC3COc4cc(Cl)ccc43)c(-c3nnc(C)o3)c(-c3cc4ccnc(NC5CCc6c5ccc(F)c6OC)c4s3)c2C1=O. The summed E-state index contributed by atoms with van der Waals surface area (Å²) < 4.78 is 33.1. The van der Waals surface area contributed by atoms with Gasteiger partial charge in [0.2, 0.25) is 11.8 Å². The average molecular weight is 737 g/mol. The predicted molar refractivity (Wildman–Crippen MR) is 197 cm³/mol. The summed E-state index contributed by atoms with van der Waals surface area (Å²) in [4.78, 5) is 27.0. The summed E-state index contributed by atoms with van der Waals surface area (Å²) in [5.41, 5.74) is 6.39. The molecule has 1 amide bonds. The van der Waals surface area contributed by atoms with E-state index >= 15 is 0 Å². The van der Waals surface area contributed by atoms with Crippen molar-refractivity contribution in [3.63, 3.8) is 0 Å². The molecule has 2 aliphatic heterocycles. The van der Waals surface area contributed by atoms with Gasteiger partial charge >= 0.3 is 0 Å². The van der Waals surface area contributed by atoms with Gasteiger partial charge in [0.15, 0.2) is 11.6 Å². The Hall–Kier alpha value is -5.07. The molecule has 2 unspecified atom stereocenters. The Balaban J connectivity index is 1.20. The van der Waals surface area contributed by atoms with Crippen LogP contribution in [0.1, 0.15) is 76.1 Å². The maximum Gasteiger partial charge on any atom is 0.256 e. The van der Waals surface area contributed by atoms with Crippen molar-refractivity contribution < 1.29 is 23.1 Å². The summed E-state index contributed by atoms with van der Waals surface area (Å²) >= 11 is 7.85. The first-order chi connectivity index (χ1) is 25.3. The van der Waals surface area contributed by atoms with Crippen LogP contribution >= 0.6 is 22.9 Å². The number of fused-ring (bicyclic) bond motifs is 4. The molecule has 0 saturated heterocycles. The van der Waals surface area contributed by atoms with E-state index in [1.165, 1.54) is 13.2 Å². The zero-order chi connectivity index (χ0) is 35.7. The third-order valence-corrected chi connectivity index (χ3v) is 11.6. The second kappa shape index (κ2) is 12.9. The fourth-order valence-electron chi connectivity index (χ4n) is 7.94. The largest absolute Gasteiger partial charge is 0.493 e. The predicted octanol–water partition coefficient (Wildman–Crippen LogP) is 8.70. The summed E-state index contributed by atoms with van der Waals surface area (Å²) in [7, 11) is 1.50. The molecular weight excluding hydrogens is 703 g/mol. The molecule has 13 heteroatoms. The molecule has 6 heterocycles. The number of amides is 1. The highest BCUT2D eigenvalue weighted by atomic mass is 35.5. The molecule has 9 rings (SSSR count). The van der Waals surface area contributed by atoms with Crippen LogP contribution in [-0.4, -0.2) is 51.2 Å². The fourth-order valence-corrected chi connectivity index (χ4v) is 9.27. The monoisotopic (exact) mass is 736 g/mol. The molecule has 1 N–H and O–H groups in total. The number of benzene rings is 2. The number of methoxy groups -OCH3 is 1. The van der Waals surface area contributed by atoms with Gasteiger partial charge in [0.05, 0.1) is 53.5 Å². The van der Waals surface area contributed by atoms with Crippen LogP contribution in [0.3, 0.4) is 0 Å². The van der Waals surface area contributed by atoms with Gasteiger partial charge in [0, 0.05) is 58.6 Å². The van der Waals surface area contributed by atoms with Crippen LogP contribution in [0, 0.1) is 12.7 Å². The Morgan fingerprint density at radius 3 is 2.79 bits per heavy atom. The van der Waals surface area contributed by atoms with Gasteiger partial charge in [0.1, 0.15) is 11.6 Å². The number of anilines is 1. The minimum atomic E-state index is -0.359. The van der Waals surface area contributed by atoms with Gasteiger partial charge in [-0.15, -0.1) is 21.5 Å². The first-order valence-electron chi connectivity index (χ1n) is 17.4. The van der Waals surface area contributed by atoms with Crippen molar-refractivity contribution in [1.29, 1.82) is 0 Å². The van der Waals surface area contributed by atoms with Crippen molar-refractivity contribution in [1.82, 2.24) is 25.1 Å². The molecule has 2 aromatic carbocycles. The molecule has 0 bridgehead atoms. The molecule has 4 aromatic heterocycles. The quantitative estimate of drug-likeness (QED) is 0.156. The van der Waals surface area contributed by atoms with Crippen LogP contribution in [0.15, 0.2) is 53.1 Å². The lowest BCUT2D eigenvalue weighted by atomic mass is 9.90. The summed E-state index contributed by atoms with van der Waals surface area (Å²) in [6.07, 6.45) is 4.60. The van der Waals surface area contributed by atoms with Crippen molar-refractivity contribution in [3.05, 3.63) is 99.0 Å². The molecule has 6 aromatic rings. The Bertz CT molecular complexity index is 2410. The number of pyridine rings is 2. The van der Waals surface area contributed by atoms with E-state index in [2.05, 4.69) is 28.5 Å². The van der Waals surface area contributed by atoms with Crippen LogP contribution < -0.4 is 14.8 Å². The zero-order valence-electron chi connectivity index (χ0n) is 28.8. The number of aromatic nitrogens is 4. The van der Waals surface area contributed by atoms with Gasteiger partial charge in [-0.1, -0.05) is 30.7 Å². The van der Waals surface area contributed by atoms with E-state index in [9.17, 15) is 9.18 Å². The van der Waals surface area contributed by atoms with Gasteiger partial charge in [-0.25, -0.2) is 9.37 Å². The first-order valence-corrected chi connectivity index (χ1v) is 18.6. The second-order valence-corrected chi connectivity index (χ2v) is 14.9. The molecule has 10 nitrogen and oxygen atoms in total. The van der Waals surface area contributed by atoms with E-state index in [-0.39, 0.29) is 23.7 Å². The van der Waals surface area contributed by atoms with E-state index in [4.69, 9.17) is 35.5 Å². The number of ether oxygens (including phenoxy) is 2. The number of halogens is 2. The minimum Gasteiger partial charge on any atom is -0.493 e. The van der Waals surface area contributed by atoms with Crippen molar-refractivity contribution in [2.75, 3.05) is 25.6 Å². The van der Waals surface area contributed by atoms with Crippen molar-refractivity contribution in [3.8, 4) is 33.4 Å². The second-order valence-electron chi connectivity index (χ2n) is 13.4. The topological polar surface area (TPSA) is 116 Å². The molecule has 0 saturated carbocycles. The molecule has 3 aliphatic rings. The highest BCUT2D eigenvalue weighted by molar-refractivity contribution is 7.23. The lowest BCUT2D eigenvalue weighted by Crippen LogP contribution is -2.24. The maximum atomic E-state index is 14.5. The number of hydrogen-bond acceptors (Lipinski definition) is 10. The minimum absolute atomic E-state index is 0.00100. The van der Waals surface area contributed by atoms with Gasteiger partial charge in [-0.3, -0.25) is 9.78 Å². The average Bonchev–Trinajstić information content (AvgIpc) is 3.97. The zero-order valence-corrected chi connectivity index (χ0v) is 30.3. The van der Waals surface area contributed by atoms with Gasteiger partial charge in [0.25, 0.3) is 5.91 Å². The van der Waals surface area contributed by atoms with E-state index in [0.717, 1.165) is 67.2 Å². The van der Waals surface area contributed by atoms with Gasteiger partial charge in [-0.05, 0) is 60.5 Å². The van der Waals surface area contributed by atoms with Crippen molar-refractivity contribution >= 4 is 44.7 Å². The van der Waals surface area contributed by atoms with E-state index in [1.54, 1.807) is 24.5 Å².